The smallest absolute Gasteiger partial charge is 0.217 e. The van der Waals surface area contributed by atoms with E-state index in [1.54, 1.807) is 11.8 Å². The third-order valence-electron chi connectivity index (χ3n) is 5.50. The summed E-state index contributed by atoms with van der Waals surface area (Å²) < 4.78 is 6.46. The Bertz CT molecular complexity index is 479. The van der Waals surface area contributed by atoms with Gasteiger partial charge in [0.2, 0.25) is 5.91 Å². The van der Waals surface area contributed by atoms with Crippen LogP contribution in [0, 0.1) is 17.2 Å². The lowest BCUT2D eigenvalue weighted by molar-refractivity contribution is -0.119. The van der Waals surface area contributed by atoms with Crippen molar-refractivity contribution >= 4 is 26.0 Å². The minimum absolute atomic E-state index is 0.0758. The van der Waals surface area contributed by atoms with Crippen molar-refractivity contribution in [1.82, 2.24) is 5.32 Å². The number of hydrogen-bond acceptors (Lipinski definition) is 4. The first-order valence-corrected chi connectivity index (χ1v) is 13.3. The zero-order valence-electron chi connectivity index (χ0n) is 17.0. The van der Waals surface area contributed by atoms with E-state index in [-0.39, 0.29) is 28.3 Å². The average Bonchev–Trinajstić information content (AvgIpc) is 2.46. The van der Waals surface area contributed by atoms with Crippen LogP contribution in [0.3, 0.4) is 0 Å². The molecule has 0 bridgehead atoms. The van der Waals surface area contributed by atoms with Crippen molar-refractivity contribution in [2.24, 2.45) is 5.92 Å². The van der Waals surface area contributed by atoms with Gasteiger partial charge in [-0.2, -0.15) is 5.26 Å². The van der Waals surface area contributed by atoms with E-state index in [0.717, 1.165) is 0 Å². The molecule has 0 saturated heterocycles. The van der Waals surface area contributed by atoms with Gasteiger partial charge >= 0.3 is 0 Å². The minimum Gasteiger partial charge on any atom is -0.413 e. The van der Waals surface area contributed by atoms with Gasteiger partial charge in [-0.1, -0.05) is 40.0 Å². The van der Waals surface area contributed by atoms with Gasteiger partial charge in [0.05, 0.1) is 17.5 Å². The zero-order valence-corrected chi connectivity index (χ0v) is 18.8. The molecule has 0 spiro atoms. The summed E-state index contributed by atoms with van der Waals surface area (Å²) in [5.41, 5.74) is 0. The number of rotatable bonds is 7. The van der Waals surface area contributed by atoms with Gasteiger partial charge < -0.3 is 9.74 Å². The molecule has 1 saturated carbocycles. The van der Waals surface area contributed by atoms with Crippen LogP contribution in [-0.4, -0.2) is 31.0 Å². The summed E-state index contributed by atoms with van der Waals surface area (Å²) in [6, 6.07) is 2.43. The summed E-state index contributed by atoms with van der Waals surface area (Å²) in [5.74, 6) is -0.418. The van der Waals surface area contributed by atoms with Gasteiger partial charge in [0, 0.05) is 12.2 Å². The molecule has 25 heavy (non-hydrogen) atoms. The van der Waals surface area contributed by atoms with E-state index in [9.17, 15) is 10.1 Å². The van der Waals surface area contributed by atoms with E-state index >= 15 is 0 Å². The van der Waals surface area contributed by atoms with Crippen molar-refractivity contribution in [3.8, 4) is 6.07 Å². The number of carbonyl (C=O) groups is 1. The number of nitriles is 1. The number of nitrogens with zero attached hydrogens (tertiary/aromatic N) is 1. The zero-order chi connectivity index (χ0) is 19.3. The molecule has 0 radical (unpaired) electrons. The van der Waals surface area contributed by atoms with Crippen LogP contribution in [0.1, 0.15) is 66.7 Å². The van der Waals surface area contributed by atoms with Crippen LogP contribution in [0.2, 0.25) is 18.1 Å². The van der Waals surface area contributed by atoms with Gasteiger partial charge in [-0.05, 0) is 37.9 Å². The fourth-order valence-corrected chi connectivity index (χ4v) is 6.09. The molecule has 0 unspecified atom stereocenters. The van der Waals surface area contributed by atoms with Crippen LogP contribution < -0.4 is 5.32 Å². The van der Waals surface area contributed by atoms with Gasteiger partial charge in [-0.15, -0.1) is 11.8 Å². The van der Waals surface area contributed by atoms with Crippen LogP contribution in [0.15, 0.2) is 0 Å². The lowest BCUT2D eigenvalue weighted by Gasteiger charge is -2.40. The SMILES string of the molecule is CC(=O)N[C@H](SC1CCCCC1)[C@H](C#N)[C@@H](C)O[Si](C)(C)C(C)(C)C. The maximum absolute atomic E-state index is 11.7. The molecule has 3 atom stereocenters. The lowest BCUT2D eigenvalue weighted by Crippen LogP contribution is -2.49. The highest BCUT2D eigenvalue weighted by molar-refractivity contribution is 8.00. The third-order valence-corrected chi connectivity index (χ3v) is 11.6. The third kappa shape index (κ3) is 6.95. The van der Waals surface area contributed by atoms with E-state index < -0.39 is 8.32 Å². The number of carbonyl (C=O) groups excluding carboxylic acids is 1. The molecule has 1 rings (SSSR count). The van der Waals surface area contributed by atoms with Crippen LogP contribution in [0.5, 0.6) is 0 Å². The highest BCUT2D eigenvalue weighted by atomic mass is 32.2. The second-order valence-electron chi connectivity index (χ2n) is 8.76. The Hall–Kier alpha value is -0.513. The van der Waals surface area contributed by atoms with E-state index in [1.807, 2.05) is 6.92 Å². The second kappa shape index (κ2) is 9.43. The summed E-state index contributed by atoms with van der Waals surface area (Å²) in [7, 11) is -1.96. The summed E-state index contributed by atoms with van der Waals surface area (Å²) in [4.78, 5) is 11.7. The maximum atomic E-state index is 11.7. The number of hydrogen-bond donors (Lipinski definition) is 1. The summed E-state index contributed by atoms with van der Waals surface area (Å²) in [6.07, 6.45) is 5.95. The normalized spacial score (nSPS) is 20.4. The van der Waals surface area contributed by atoms with E-state index in [4.69, 9.17) is 4.43 Å². The Morgan fingerprint density at radius 3 is 2.28 bits per heavy atom. The quantitative estimate of drug-likeness (QED) is 0.492. The van der Waals surface area contributed by atoms with Crippen LogP contribution in [0.4, 0.5) is 0 Å². The molecule has 144 valence electrons. The molecule has 1 aliphatic rings. The fourth-order valence-electron chi connectivity index (χ4n) is 2.95. The van der Waals surface area contributed by atoms with Gasteiger partial charge in [0.25, 0.3) is 0 Å². The van der Waals surface area contributed by atoms with Crippen molar-refractivity contribution in [3.63, 3.8) is 0 Å². The van der Waals surface area contributed by atoms with Crippen molar-refractivity contribution < 1.29 is 9.22 Å². The van der Waals surface area contributed by atoms with Gasteiger partial charge in [0.1, 0.15) is 5.92 Å². The van der Waals surface area contributed by atoms with Crippen LogP contribution in [0.25, 0.3) is 0 Å². The Balaban J connectivity index is 2.87. The highest BCUT2D eigenvalue weighted by Crippen LogP contribution is 2.39. The molecule has 1 N–H and O–H groups in total. The van der Waals surface area contributed by atoms with Gasteiger partial charge in [-0.25, -0.2) is 0 Å². The topological polar surface area (TPSA) is 62.1 Å². The van der Waals surface area contributed by atoms with Gasteiger partial charge in [-0.3, -0.25) is 4.79 Å². The molecule has 1 amide bonds. The Morgan fingerprint density at radius 2 is 1.84 bits per heavy atom. The van der Waals surface area contributed by atoms with E-state index in [1.165, 1.54) is 39.0 Å². The molecule has 1 fully saturated rings. The Kier molecular flexibility index (Phi) is 8.50. The first kappa shape index (κ1) is 22.5. The molecule has 6 heteroatoms. The van der Waals surface area contributed by atoms with E-state index in [0.29, 0.717) is 5.25 Å². The molecule has 0 aromatic rings. The molecule has 4 nitrogen and oxygen atoms in total. The summed E-state index contributed by atoms with van der Waals surface area (Å²) >= 11 is 1.77. The largest absolute Gasteiger partial charge is 0.413 e. The average molecular weight is 385 g/mol. The molecule has 0 heterocycles. The predicted molar refractivity (Wildman–Crippen MR) is 109 cm³/mol. The van der Waals surface area contributed by atoms with Crippen molar-refractivity contribution in [1.29, 1.82) is 5.26 Å². The summed E-state index contributed by atoms with van der Waals surface area (Å²) in [5, 5.41) is 13.3. The fraction of sp³-hybridized carbons (Fsp3) is 0.895. The molecule has 0 aliphatic heterocycles. The summed E-state index contributed by atoms with van der Waals surface area (Å²) in [6.45, 7) is 14.5. The standard InChI is InChI=1S/C19H36N2O2SSi/c1-14(23-25(6,7)19(3,4)5)17(13-20)18(21-15(2)22)24-16-11-9-8-10-12-16/h14,16-18H,8-12H2,1-7H3,(H,21,22)/t14-,17-,18-/m1/s1. The number of amides is 1. The van der Waals surface area contributed by atoms with Crippen LogP contribution in [-0.2, 0) is 9.22 Å². The molecule has 1 aliphatic carbocycles. The second-order valence-corrected chi connectivity index (χ2v) is 15.0. The number of thioether (sulfide) groups is 1. The first-order valence-electron chi connectivity index (χ1n) is 9.48. The minimum atomic E-state index is -1.96. The first-order chi connectivity index (χ1) is 11.5. The Labute approximate surface area is 159 Å². The van der Waals surface area contributed by atoms with Crippen molar-refractivity contribution in [2.75, 3.05) is 0 Å². The number of nitrogens with one attached hydrogen (secondary N) is 1. The molecule has 0 aromatic carbocycles. The molecule has 0 aromatic heterocycles. The van der Waals surface area contributed by atoms with Crippen molar-refractivity contribution in [3.05, 3.63) is 0 Å². The maximum Gasteiger partial charge on any atom is 0.217 e. The van der Waals surface area contributed by atoms with Gasteiger partial charge in [0.15, 0.2) is 8.32 Å². The van der Waals surface area contributed by atoms with E-state index in [2.05, 4.69) is 45.3 Å². The molecular formula is C19H36N2O2SSi. The molecular weight excluding hydrogens is 348 g/mol. The van der Waals surface area contributed by atoms with Crippen LogP contribution >= 0.6 is 11.8 Å². The monoisotopic (exact) mass is 384 g/mol. The predicted octanol–water partition coefficient (Wildman–Crippen LogP) is 5.06. The Morgan fingerprint density at radius 1 is 1.28 bits per heavy atom. The highest BCUT2D eigenvalue weighted by Gasteiger charge is 2.41. The lowest BCUT2D eigenvalue weighted by atomic mass is 10.0. The van der Waals surface area contributed by atoms with Crippen molar-refractivity contribution in [2.45, 2.75) is 102 Å².